The molecular formula is C12H11NO4S4. The summed E-state index contributed by atoms with van der Waals surface area (Å²) in [6.07, 6.45) is 1.03. The lowest BCUT2D eigenvalue weighted by Gasteiger charge is -2.06. The normalized spacial score (nSPS) is 13.3. The number of benzene rings is 1. The molecule has 0 fully saturated rings. The van der Waals surface area contributed by atoms with E-state index < -0.39 is 26.0 Å². The molecule has 0 N–H and O–H groups in total. The summed E-state index contributed by atoms with van der Waals surface area (Å²) < 4.78 is 23.7. The van der Waals surface area contributed by atoms with E-state index in [-0.39, 0.29) is 11.3 Å². The smallest absolute Gasteiger partial charge is 0.196 e. The number of sulfone groups is 1. The van der Waals surface area contributed by atoms with Crippen molar-refractivity contribution in [3.63, 3.8) is 0 Å². The van der Waals surface area contributed by atoms with Gasteiger partial charge in [0.05, 0.1) is 21.0 Å². The second kappa shape index (κ2) is 6.07. The summed E-state index contributed by atoms with van der Waals surface area (Å²) in [6, 6.07) is 4.55. The van der Waals surface area contributed by atoms with Crippen LogP contribution in [0.1, 0.15) is 17.3 Å². The van der Waals surface area contributed by atoms with Crippen molar-refractivity contribution in [2.75, 3.05) is 6.26 Å². The van der Waals surface area contributed by atoms with Crippen molar-refractivity contribution in [3.8, 4) is 0 Å². The third kappa shape index (κ3) is 3.85. The van der Waals surface area contributed by atoms with Gasteiger partial charge in [-0.25, -0.2) is 13.4 Å². The van der Waals surface area contributed by atoms with Crippen LogP contribution < -0.4 is 0 Å². The first-order valence-electron chi connectivity index (χ1n) is 5.73. The number of aromatic nitrogens is 1. The van der Waals surface area contributed by atoms with Crippen LogP contribution >= 0.6 is 36.6 Å². The molecule has 0 saturated carbocycles. The Balaban J connectivity index is 2.51. The minimum Gasteiger partial charge on any atom is -0.287 e. The molecule has 1 heterocycles. The highest BCUT2D eigenvalue weighted by atomic mass is 32.2. The zero-order chi connectivity index (χ0) is 15.8. The van der Waals surface area contributed by atoms with Gasteiger partial charge in [0.1, 0.15) is 5.01 Å². The maximum atomic E-state index is 11.5. The fourth-order valence-corrected chi connectivity index (χ4v) is 4.07. The lowest BCUT2D eigenvalue weighted by atomic mass is 10.1. The molecule has 0 spiro atoms. The highest BCUT2D eigenvalue weighted by molar-refractivity contribution is 7.97. The van der Waals surface area contributed by atoms with E-state index in [1.54, 1.807) is 6.07 Å². The molecule has 0 radical (unpaired) electrons. The molecule has 1 atom stereocenters. The fourth-order valence-electron chi connectivity index (χ4n) is 1.76. The zero-order valence-electron chi connectivity index (χ0n) is 10.8. The van der Waals surface area contributed by atoms with E-state index in [1.165, 1.54) is 23.5 Å². The van der Waals surface area contributed by atoms with E-state index in [1.807, 2.05) is 0 Å². The van der Waals surface area contributed by atoms with Gasteiger partial charge < -0.3 is 0 Å². The number of fused-ring (bicyclic) bond motifs is 1. The van der Waals surface area contributed by atoms with Gasteiger partial charge in [0, 0.05) is 12.7 Å². The van der Waals surface area contributed by atoms with Gasteiger partial charge in [0.15, 0.2) is 20.1 Å². The van der Waals surface area contributed by atoms with Gasteiger partial charge in [-0.05, 0) is 18.2 Å². The topological polar surface area (TPSA) is 81.2 Å². The van der Waals surface area contributed by atoms with Gasteiger partial charge in [0.25, 0.3) is 0 Å². The Bertz CT molecular complexity index is 825. The molecular weight excluding hydrogens is 350 g/mol. The SMILES string of the molecule is CS(=O)(=O)c1ccc2nc(C(CC(=O)S)C(=O)S)sc2c1. The average Bonchev–Trinajstić information content (AvgIpc) is 2.76. The lowest BCUT2D eigenvalue weighted by molar-refractivity contribution is -0.116. The summed E-state index contributed by atoms with van der Waals surface area (Å²) in [5.74, 6) is -0.766. The van der Waals surface area contributed by atoms with Crippen molar-refractivity contribution in [3.05, 3.63) is 23.2 Å². The van der Waals surface area contributed by atoms with E-state index >= 15 is 0 Å². The molecule has 21 heavy (non-hydrogen) atoms. The van der Waals surface area contributed by atoms with Gasteiger partial charge in [-0.3, -0.25) is 9.59 Å². The summed E-state index contributed by atoms with van der Waals surface area (Å²) in [6.45, 7) is 0. The van der Waals surface area contributed by atoms with Crippen LogP contribution in [0, 0.1) is 0 Å². The highest BCUT2D eigenvalue weighted by Crippen LogP contribution is 2.32. The molecule has 0 aliphatic heterocycles. The van der Waals surface area contributed by atoms with Crippen molar-refractivity contribution in [1.29, 1.82) is 0 Å². The van der Waals surface area contributed by atoms with Crippen LogP contribution in [0.3, 0.4) is 0 Å². The third-order valence-corrected chi connectivity index (χ3v) is 5.52. The summed E-state index contributed by atoms with van der Waals surface area (Å²) in [5, 5.41) is -0.476. The van der Waals surface area contributed by atoms with Crippen molar-refractivity contribution in [1.82, 2.24) is 4.98 Å². The number of thiol groups is 2. The first-order valence-corrected chi connectivity index (χ1v) is 9.34. The van der Waals surface area contributed by atoms with E-state index in [2.05, 4.69) is 30.2 Å². The summed E-state index contributed by atoms with van der Waals surface area (Å²) >= 11 is 8.62. The number of nitrogens with zero attached hydrogens (tertiary/aromatic N) is 1. The van der Waals surface area contributed by atoms with Crippen molar-refractivity contribution < 1.29 is 18.0 Å². The first kappa shape index (κ1) is 16.5. The molecule has 9 heteroatoms. The van der Waals surface area contributed by atoms with Crippen LogP contribution in [0.15, 0.2) is 23.1 Å². The molecule has 5 nitrogen and oxygen atoms in total. The molecule has 2 rings (SSSR count). The van der Waals surface area contributed by atoms with E-state index in [0.717, 1.165) is 6.26 Å². The van der Waals surface area contributed by atoms with E-state index in [0.29, 0.717) is 15.2 Å². The average molecular weight is 361 g/mol. The number of hydrogen-bond donors (Lipinski definition) is 2. The summed E-state index contributed by atoms with van der Waals surface area (Å²) in [5.41, 5.74) is 0.577. The van der Waals surface area contributed by atoms with Crippen LogP contribution in [-0.2, 0) is 19.4 Å². The molecule has 0 saturated heterocycles. The van der Waals surface area contributed by atoms with Crippen LogP contribution in [0.25, 0.3) is 10.2 Å². The molecule has 112 valence electrons. The van der Waals surface area contributed by atoms with Crippen molar-refractivity contribution >= 4 is 66.9 Å². The second-order valence-corrected chi connectivity index (χ2v) is 8.46. The Morgan fingerprint density at radius 2 is 2.00 bits per heavy atom. The largest absolute Gasteiger partial charge is 0.287 e. The Kier molecular flexibility index (Phi) is 4.76. The first-order chi connectivity index (χ1) is 9.68. The maximum Gasteiger partial charge on any atom is 0.196 e. The number of thiazole rings is 1. The third-order valence-electron chi connectivity index (χ3n) is 2.78. The lowest BCUT2D eigenvalue weighted by Crippen LogP contribution is -2.09. The standard InChI is InChI=1S/C12H11NO4S4/c1-21(16,17)6-2-3-8-9(4-6)20-11(13-8)7(12(15)19)5-10(14)18/h2-4,7H,5H2,1H3,(H,14,18)(H,15,19). The number of carbonyl (C=O) groups is 2. The van der Waals surface area contributed by atoms with Gasteiger partial charge in [-0.1, -0.05) is 0 Å². The zero-order valence-corrected chi connectivity index (χ0v) is 14.2. The van der Waals surface area contributed by atoms with E-state index in [4.69, 9.17) is 0 Å². The Morgan fingerprint density at radius 3 is 2.52 bits per heavy atom. The predicted octanol–water partition coefficient (Wildman–Crippen LogP) is 2.09. The van der Waals surface area contributed by atoms with Crippen LogP contribution in [0.2, 0.25) is 0 Å². The Hall–Kier alpha value is -0.900. The monoisotopic (exact) mass is 361 g/mol. The predicted molar refractivity (Wildman–Crippen MR) is 88.1 cm³/mol. The molecule has 0 aliphatic carbocycles. The number of hydrogen-bond acceptors (Lipinski definition) is 6. The molecule has 1 aromatic heterocycles. The second-order valence-electron chi connectivity index (χ2n) is 4.44. The maximum absolute atomic E-state index is 11.5. The molecule has 1 unspecified atom stereocenters. The molecule has 1 aromatic carbocycles. The van der Waals surface area contributed by atoms with Gasteiger partial charge in [-0.2, -0.15) is 0 Å². The van der Waals surface area contributed by atoms with Gasteiger partial charge in [0.2, 0.25) is 0 Å². The van der Waals surface area contributed by atoms with Crippen LogP contribution in [-0.4, -0.2) is 29.9 Å². The summed E-state index contributed by atoms with van der Waals surface area (Å²) in [4.78, 5) is 27.1. The fraction of sp³-hybridized carbons (Fsp3) is 0.250. The summed E-state index contributed by atoms with van der Waals surface area (Å²) in [7, 11) is -3.31. The minimum absolute atomic E-state index is 0.0931. The van der Waals surface area contributed by atoms with Crippen LogP contribution in [0.4, 0.5) is 0 Å². The van der Waals surface area contributed by atoms with Crippen molar-refractivity contribution in [2.45, 2.75) is 17.2 Å². The molecule has 0 aliphatic rings. The minimum atomic E-state index is -3.31. The Labute approximate surface area is 136 Å². The number of carbonyl (C=O) groups excluding carboxylic acids is 2. The van der Waals surface area contributed by atoms with Crippen molar-refractivity contribution in [2.24, 2.45) is 0 Å². The molecule has 2 aromatic rings. The number of rotatable bonds is 5. The van der Waals surface area contributed by atoms with Gasteiger partial charge >= 0.3 is 0 Å². The highest BCUT2D eigenvalue weighted by Gasteiger charge is 2.24. The molecule has 0 bridgehead atoms. The quantitative estimate of drug-likeness (QED) is 0.797. The van der Waals surface area contributed by atoms with Crippen LogP contribution in [0.5, 0.6) is 0 Å². The van der Waals surface area contributed by atoms with Gasteiger partial charge in [-0.15, -0.1) is 36.6 Å². The molecule has 0 amide bonds. The van der Waals surface area contributed by atoms with E-state index in [9.17, 15) is 18.0 Å². The Morgan fingerprint density at radius 1 is 1.33 bits per heavy atom.